The lowest BCUT2D eigenvalue weighted by Gasteiger charge is -2.02. The fourth-order valence-corrected chi connectivity index (χ4v) is 5.39. The molecule has 7 nitrogen and oxygen atoms in total. The molecule has 0 aliphatic carbocycles. The zero-order chi connectivity index (χ0) is 24.5. The summed E-state index contributed by atoms with van der Waals surface area (Å²) in [6, 6.07) is 21.4. The number of ether oxygens (including phenoxy) is 1. The fourth-order valence-electron chi connectivity index (χ4n) is 3.76. The molecular weight excluding hydrogens is 490 g/mol. The van der Waals surface area contributed by atoms with E-state index in [4.69, 9.17) is 9.84 Å². The number of hydrogen-bond donors (Lipinski definition) is 0. The molecule has 0 atom stereocenters. The summed E-state index contributed by atoms with van der Waals surface area (Å²) in [6.07, 6.45) is 5.51. The van der Waals surface area contributed by atoms with Crippen LogP contribution < -0.4 is 14.8 Å². The lowest BCUT2D eigenvalue weighted by atomic mass is 10.2. The second-order valence-corrected chi connectivity index (χ2v) is 9.82. The van der Waals surface area contributed by atoms with Crippen molar-refractivity contribution in [3.63, 3.8) is 0 Å². The van der Waals surface area contributed by atoms with Crippen LogP contribution in [0, 0.1) is 0 Å². The van der Waals surface area contributed by atoms with Crippen molar-refractivity contribution < 1.29 is 4.74 Å². The maximum Gasteiger partial charge on any atom is 0.291 e. The van der Waals surface area contributed by atoms with Gasteiger partial charge in [-0.1, -0.05) is 48.3 Å². The topological polar surface area (TPSA) is 74.3 Å². The van der Waals surface area contributed by atoms with Gasteiger partial charge in [-0.05, 0) is 53.9 Å². The first kappa shape index (κ1) is 22.1. The zero-order valence-corrected chi connectivity index (χ0v) is 20.6. The Morgan fingerprint density at radius 2 is 1.83 bits per heavy atom. The molecule has 176 valence electrons. The second kappa shape index (κ2) is 9.37. The van der Waals surface area contributed by atoms with Gasteiger partial charge in [-0.2, -0.15) is 14.6 Å². The van der Waals surface area contributed by atoms with E-state index in [9.17, 15) is 4.79 Å². The third-order valence-electron chi connectivity index (χ3n) is 5.47. The van der Waals surface area contributed by atoms with Gasteiger partial charge in [0.05, 0.1) is 15.1 Å². The highest BCUT2D eigenvalue weighted by molar-refractivity contribution is 7.15. The quantitative estimate of drug-likeness (QED) is 0.288. The summed E-state index contributed by atoms with van der Waals surface area (Å²) in [5.41, 5.74) is 3.24. The molecule has 0 radical (unpaired) electrons. The molecule has 0 aliphatic heterocycles. The molecule has 0 N–H and O–H groups in total. The van der Waals surface area contributed by atoms with E-state index in [-0.39, 0.29) is 5.56 Å². The van der Waals surface area contributed by atoms with Gasteiger partial charge in [-0.25, -0.2) is 4.68 Å². The predicted molar refractivity (Wildman–Crippen MR) is 144 cm³/mol. The molecule has 6 rings (SSSR count). The summed E-state index contributed by atoms with van der Waals surface area (Å²) in [6.45, 7) is 4.09. The highest BCUT2D eigenvalue weighted by Gasteiger charge is 2.15. The van der Waals surface area contributed by atoms with Crippen LogP contribution in [-0.4, -0.2) is 31.0 Å². The Labute approximate surface area is 213 Å². The number of benzene rings is 2. The van der Waals surface area contributed by atoms with E-state index in [0.717, 1.165) is 33.1 Å². The molecule has 4 heterocycles. The summed E-state index contributed by atoms with van der Waals surface area (Å²) in [7, 11) is 0. The maximum atomic E-state index is 13.2. The van der Waals surface area contributed by atoms with Crippen LogP contribution in [-0.2, 0) is 0 Å². The molecule has 36 heavy (non-hydrogen) atoms. The summed E-state index contributed by atoms with van der Waals surface area (Å²) in [5, 5.41) is 11.3. The molecule has 0 fully saturated rings. The highest BCUT2D eigenvalue weighted by Crippen LogP contribution is 2.28. The Kier molecular flexibility index (Phi) is 5.76. The lowest BCUT2D eigenvalue weighted by molar-refractivity contribution is 0.363. The van der Waals surface area contributed by atoms with E-state index in [1.807, 2.05) is 89.1 Å². The SMILES string of the molecule is C=CCOc1ccc(-c2nc3s/c(=C\c4cn(-c5ccccc5)nc4-c4cccs4)c(=O)n3n2)cc1. The van der Waals surface area contributed by atoms with Gasteiger partial charge >= 0.3 is 0 Å². The van der Waals surface area contributed by atoms with Crippen LogP contribution in [0.15, 0.2) is 95.8 Å². The molecule has 0 saturated heterocycles. The number of thiophene rings is 1. The minimum atomic E-state index is -0.204. The van der Waals surface area contributed by atoms with Gasteiger partial charge in [0.15, 0.2) is 5.82 Å². The molecule has 0 spiro atoms. The van der Waals surface area contributed by atoms with E-state index in [1.165, 1.54) is 15.9 Å². The van der Waals surface area contributed by atoms with E-state index in [1.54, 1.807) is 17.4 Å². The third-order valence-corrected chi connectivity index (χ3v) is 7.30. The van der Waals surface area contributed by atoms with Gasteiger partial charge in [0.25, 0.3) is 5.56 Å². The smallest absolute Gasteiger partial charge is 0.291 e. The molecule has 2 aromatic carbocycles. The number of aromatic nitrogens is 5. The molecular formula is C27H19N5O2S2. The first-order chi connectivity index (χ1) is 17.7. The molecule has 0 saturated carbocycles. The minimum absolute atomic E-state index is 0.204. The number of rotatable bonds is 7. The van der Waals surface area contributed by atoms with E-state index in [2.05, 4.69) is 16.7 Å². The van der Waals surface area contributed by atoms with Gasteiger partial charge in [0, 0.05) is 17.3 Å². The maximum absolute atomic E-state index is 13.2. The molecule has 4 aromatic heterocycles. The Hall–Kier alpha value is -4.34. The van der Waals surface area contributed by atoms with Crippen molar-refractivity contribution in [3.8, 4) is 33.4 Å². The monoisotopic (exact) mass is 509 g/mol. The Morgan fingerprint density at radius 1 is 1.00 bits per heavy atom. The van der Waals surface area contributed by atoms with Crippen molar-refractivity contribution in [2.45, 2.75) is 0 Å². The average Bonchev–Trinajstić information content (AvgIpc) is 3.70. The average molecular weight is 510 g/mol. The molecule has 6 aromatic rings. The van der Waals surface area contributed by atoms with Gasteiger partial charge in [0.1, 0.15) is 18.1 Å². The van der Waals surface area contributed by atoms with Crippen molar-refractivity contribution in [2.75, 3.05) is 6.61 Å². The van der Waals surface area contributed by atoms with Crippen LogP contribution in [0.2, 0.25) is 0 Å². The second-order valence-electron chi connectivity index (χ2n) is 7.86. The van der Waals surface area contributed by atoms with Crippen LogP contribution in [0.4, 0.5) is 0 Å². The molecule has 0 unspecified atom stereocenters. The Bertz CT molecular complexity index is 1770. The fraction of sp³-hybridized carbons (Fsp3) is 0.0370. The Morgan fingerprint density at radius 3 is 2.56 bits per heavy atom. The van der Waals surface area contributed by atoms with E-state index in [0.29, 0.717) is 21.9 Å². The normalized spacial score (nSPS) is 11.8. The number of para-hydroxylation sites is 1. The van der Waals surface area contributed by atoms with Crippen LogP contribution >= 0.6 is 22.7 Å². The first-order valence-corrected chi connectivity index (χ1v) is 12.8. The van der Waals surface area contributed by atoms with Crippen LogP contribution in [0.1, 0.15) is 5.56 Å². The number of nitrogens with zero attached hydrogens (tertiary/aromatic N) is 5. The summed E-state index contributed by atoms with van der Waals surface area (Å²) in [5.74, 6) is 1.23. The molecule has 0 bridgehead atoms. The standard InChI is InChI=1S/C27H19N5O2S2/c1-2-14-34-21-12-10-18(11-13-21)25-28-27-32(30-25)26(33)23(36-27)16-19-17-31(20-7-4-3-5-8-20)29-24(19)22-9-6-15-35-22/h2-13,15-17H,1,14H2/b23-16-. The molecule has 0 aliphatic rings. The highest BCUT2D eigenvalue weighted by atomic mass is 32.1. The van der Waals surface area contributed by atoms with Gasteiger partial charge in [-0.15, -0.1) is 16.4 Å². The van der Waals surface area contributed by atoms with Crippen LogP contribution in [0.3, 0.4) is 0 Å². The largest absolute Gasteiger partial charge is 0.490 e. The number of fused-ring (bicyclic) bond motifs is 1. The van der Waals surface area contributed by atoms with Crippen molar-refractivity contribution in [3.05, 3.63) is 111 Å². The van der Waals surface area contributed by atoms with Gasteiger partial charge < -0.3 is 4.74 Å². The number of hydrogen-bond acceptors (Lipinski definition) is 7. The van der Waals surface area contributed by atoms with Gasteiger partial charge in [-0.3, -0.25) is 4.79 Å². The van der Waals surface area contributed by atoms with Crippen molar-refractivity contribution >= 4 is 33.7 Å². The third kappa shape index (κ3) is 4.15. The Balaban J connectivity index is 1.39. The van der Waals surface area contributed by atoms with E-state index >= 15 is 0 Å². The molecule has 9 heteroatoms. The summed E-state index contributed by atoms with van der Waals surface area (Å²) >= 11 is 2.92. The van der Waals surface area contributed by atoms with Crippen molar-refractivity contribution in [1.82, 2.24) is 24.4 Å². The van der Waals surface area contributed by atoms with Crippen molar-refractivity contribution in [2.24, 2.45) is 0 Å². The minimum Gasteiger partial charge on any atom is -0.490 e. The zero-order valence-electron chi connectivity index (χ0n) is 18.9. The lowest BCUT2D eigenvalue weighted by Crippen LogP contribution is -2.23. The summed E-state index contributed by atoms with van der Waals surface area (Å²) < 4.78 is 9.27. The van der Waals surface area contributed by atoms with Crippen LogP contribution in [0.5, 0.6) is 5.75 Å². The van der Waals surface area contributed by atoms with Crippen molar-refractivity contribution in [1.29, 1.82) is 0 Å². The van der Waals surface area contributed by atoms with Gasteiger partial charge in [0.2, 0.25) is 4.96 Å². The first-order valence-electron chi connectivity index (χ1n) is 11.1. The predicted octanol–water partition coefficient (Wildman–Crippen LogP) is 4.84. The van der Waals surface area contributed by atoms with E-state index < -0.39 is 0 Å². The number of thiazole rings is 1. The van der Waals surface area contributed by atoms with Crippen LogP contribution in [0.25, 0.3) is 38.7 Å². The molecule has 0 amide bonds. The summed E-state index contributed by atoms with van der Waals surface area (Å²) in [4.78, 5) is 19.4.